The van der Waals surface area contributed by atoms with Crippen LogP contribution >= 0.6 is 11.8 Å². The number of rotatable bonds is 8. The van der Waals surface area contributed by atoms with Crippen molar-refractivity contribution in [1.82, 2.24) is 4.90 Å². The second-order valence-electron chi connectivity index (χ2n) is 5.25. The first-order valence-electron chi connectivity index (χ1n) is 7.66. The normalized spacial score (nSPS) is 18.8. The summed E-state index contributed by atoms with van der Waals surface area (Å²) >= 11 is 1.89. The van der Waals surface area contributed by atoms with Crippen molar-refractivity contribution in [2.75, 3.05) is 31.7 Å². The summed E-state index contributed by atoms with van der Waals surface area (Å²) in [5.74, 6) is 1.16. The lowest BCUT2D eigenvalue weighted by atomic mass is 10.1. The fraction of sp³-hybridized carbons (Fsp3) is 0.933. The minimum Gasteiger partial charge on any atom is -0.466 e. The van der Waals surface area contributed by atoms with Gasteiger partial charge in [-0.05, 0) is 57.7 Å². The maximum atomic E-state index is 11.8. The average molecular weight is 287 g/mol. The van der Waals surface area contributed by atoms with E-state index in [0.29, 0.717) is 19.1 Å². The van der Waals surface area contributed by atoms with Crippen LogP contribution in [0.5, 0.6) is 0 Å². The van der Waals surface area contributed by atoms with Crippen molar-refractivity contribution in [3.63, 3.8) is 0 Å². The van der Waals surface area contributed by atoms with Crippen LogP contribution in [0.2, 0.25) is 0 Å². The zero-order valence-electron chi connectivity index (χ0n) is 12.5. The van der Waals surface area contributed by atoms with E-state index in [2.05, 4.69) is 11.2 Å². The van der Waals surface area contributed by atoms with E-state index >= 15 is 0 Å². The van der Waals surface area contributed by atoms with Gasteiger partial charge in [-0.3, -0.25) is 9.69 Å². The zero-order valence-corrected chi connectivity index (χ0v) is 13.3. The molecule has 0 spiro atoms. The number of thioether (sulfide) groups is 1. The molecule has 0 saturated carbocycles. The summed E-state index contributed by atoms with van der Waals surface area (Å²) in [5, 5.41) is 0. The first-order valence-corrected chi connectivity index (χ1v) is 9.06. The number of hydrogen-bond acceptors (Lipinski definition) is 4. The molecule has 1 unspecified atom stereocenters. The quantitative estimate of drug-likeness (QED) is 0.506. The third kappa shape index (κ3) is 7.21. The summed E-state index contributed by atoms with van der Waals surface area (Å²) < 4.78 is 5.13. The third-order valence-corrected chi connectivity index (χ3v) is 4.45. The summed E-state index contributed by atoms with van der Waals surface area (Å²) in [6.07, 6.45) is 10.3. The topological polar surface area (TPSA) is 29.5 Å². The van der Waals surface area contributed by atoms with Gasteiger partial charge in [0.1, 0.15) is 0 Å². The van der Waals surface area contributed by atoms with Gasteiger partial charge in [-0.2, -0.15) is 11.8 Å². The Morgan fingerprint density at radius 2 is 1.95 bits per heavy atom. The molecule has 3 nitrogen and oxygen atoms in total. The smallest absolute Gasteiger partial charge is 0.307 e. The van der Waals surface area contributed by atoms with Crippen LogP contribution in [-0.2, 0) is 9.53 Å². The van der Waals surface area contributed by atoms with Crippen LogP contribution in [0.3, 0.4) is 0 Å². The standard InChI is InChI=1S/C15H29NO2S/c1-3-18-15(17)13-14(9-8-12-19-2)16-10-6-4-5-7-11-16/h14H,3-13H2,1-2H3. The van der Waals surface area contributed by atoms with Crippen molar-refractivity contribution >= 4 is 17.7 Å². The van der Waals surface area contributed by atoms with Gasteiger partial charge in [-0.15, -0.1) is 0 Å². The lowest BCUT2D eigenvalue weighted by molar-refractivity contribution is -0.144. The number of carbonyl (C=O) groups is 1. The Bertz CT molecular complexity index is 240. The fourth-order valence-electron chi connectivity index (χ4n) is 2.75. The van der Waals surface area contributed by atoms with Gasteiger partial charge in [0, 0.05) is 6.04 Å². The number of carbonyl (C=O) groups excluding carboxylic acids is 1. The van der Waals surface area contributed by atoms with Crippen LogP contribution in [-0.4, -0.2) is 48.6 Å². The predicted octanol–water partition coefficient (Wildman–Crippen LogP) is 3.33. The van der Waals surface area contributed by atoms with Crippen LogP contribution in [0, 0.1) is 0 Å². The molecule has 0 aromatic carbocycles. The Morgan fingerprint density at radius 1 is 1.26 bits per heavy atom. The van der Waals surface area contributed by atoms with Crippen molar-refractivity contribution in [2.24, 2.45) is 0 Å². The van der Waals surface area contributed by atoms with E-state index in [9.17, 15) is 4.79 Å². The molecule has 1 heterocycles. The zero-order chi connectivity index (χ0) is 13.9. The molecule has 4 heteroatoms. The van der Waals surface area contributed by atoms with Gasteiger partial charge in [-0.25, -0.2) is 0 Å². The van der Waals surface area contributed by atoms with E-state index in [1.807, 2.05) is 18.7 Å². The van der Waals surface area contributed by atoms with Crippen molar-refractivity contribution in [2.45, 2.75) is 57.9 Å². The van der Waals surface area contributed by atoms with Gasteiger partial charge >= 0.3 is 5.97 Å². The Balaban J connectivity index is 2.47. The number of likely N-dealkylation sites (tertiary alicyclic amines) is 1. The van der Waals surface area contributed by atoms with Crippen LogP contribution in [0.1, 0.15) is 51.9 Å². The maximum Gasteiger partial charge on any atom is 0.307 e. The molecule has 1 rings (SSSR count). The molecule has 0 amide bonds. The second kappa shape index (κ2) is 10.6. The van der Waals surface area contributed by atoms with Gasteiger partial charge in [0.05, 0.1) is 13.0 Å². The molecule has 112 valence electrons. The average Bonchev–Trinajstić information content (AvgIpc) is 2.67. The van der Waals surface area contributed by atoms with Gasteiger partial charge in [-0.1, -0.05) is 12.8 Å². The minimum absolute atomic E-state index is 0.0269. The molecule has 0 aliphatic carbocycles. The Hall–Kier alpha value is -0.220. The number of ether oxygens (including phenoxy) is 1. The Kier molecular flexibility index (Phi) is 9.35. The molecule has 0 N–H and O–H groups in total. The van der Waals surface area contributed by atoms with Crippen molar-refractivity contribution in [1.29, 1.82) is 0 Å². The maximum absolute atomic E-state index is 11.8. The SMILES string of the molecule is CCOC(=O)CC(CCCSC)N1CCCCCC1. The summed E-state index contributed by atoms with van der Waals surface area (Å²) in [6.45, 7) is 4.69. The van der Waals surface area contributed by atoms with E-state index in [4.69, 9.17) is 4.74 Å². The van der Waals surface area contributed by atoms with Gasteiger partial charge in [0.2, 0.25) is 0 Å². The molecular weight excluding hydrogens is 258 g/mol. The summed E-state index contributed by atoms with van der Waals surface area (Å²) in [6, 6.07) is 0.393. The van der Waals surface area contributed by atoms with Crippen LogP contribution in [0.4, 0.5) is 0 Å². The molecule has 19 heavy (non-hydrogen) atoms. The fourth-order valence-corrected chi connectivity index (χ4v) is 3.20. The molecule has 1 atom stereocenters. The lowest BCUT2D eigenvalue weighted by Crippen LogP contribution is -2.38. The highest BCUT2D eigenvalue weighted by Crippen LogP contribution is 2.19. The highest BCUT2D eigenvalue weighted by Gasteiger charge is 2.22. The summed E-state index contributed by atoms with van der Waals surface area (Å²) in [5.41, 5.74) is 0. The van der Waals surface area contributed by atoms with E-state index in [0.717, 1.165) is 19.5 Å². The summed E-state index contributed by atoms with van der Waals surface area (Å²) in [4.78, 5) is 14.3. The molecule has 0 aromatic rings. The van der Waals surface area contributed by atoms with E-state index in [1.165, 1.54) is 37.9 Å². The van der Waals surface area contributed by atoms with Gasteiger partial charge < -0.3 is 4.74 Å². The van der Waals surface area contributed by atoms with Crippen LogP contribution in [0.25, 0.3) is 0 Å². The molecule has 1 aliphatic rings. The van der Waals surface area contributed by atoms with E-state index in [1.54, 1.807) is 0 Å². The lowest BCUT2D eigenvalue weighted by Gasteiger charge is -2.30. The Labute approximate surface area is 122 Å². The molecule has 1 saturated heterocycles. The highest BCUT2D eigenvalue weighted by atomic mass is 32.2. The van der Waals surface area contributed by atoms with Crippen molar-refractivity contribution in [3.05, 3.63) is 0 Å². The third-order valence-electron chi connectivity index (χ3n) is 3.75. The van der Waals surface area contributed by atoms with Crippen molar-refractivity contribution in [3.8, 4) is 0 Å². The second-order valence-corrected chi connectivity index (χ2v) is 6.23. The molecule has 0 bridgehead atoms. The molecular formula is C15H29NO2S. The molecule has 0 radical (unpaired) electrons. The van der Waals surface area contributed by atoms with E-state index < -0.39 is 0 Å². The largest absolute Gasteiger partial charge is 0.466 e. The molecule has 1 aliphatic heterocycles. The predicted molar refractivity (Wildman–Crippen MR) is 82.7 cm³/mol. The van der Waals surface area contributed by atoms with Crippen molar-refractivity contribution < 1.29 is 9.53 Å². The monoisotopic (exact) mass is 287 g/mol. The minimum atomic E-state index is -0.0269. The van der Waals surface area contributed by atoms with Crippen LogP contribution in [0.15, 0.2) is 0 Å². The molecule has 0 aromatic heterocycles. The highest BCUT2D eigenvalue weighted by molar-refractivity contribution is 7.98. The van der Waals surface area contributed by atoms with E-state index in [-0.39, 0.29) is 5.97 Å². The van der Waals surface area contributed by atoms with Crippen LogP contribution < -0.4 is 0 Å². The first kappa shape index (κ1) is 16.8. The Morgan fingerprint density at radius 3 is 2.53 bits per heavy atom. The number of nitrogens with zero attached hydrogens (tertiary/aromatic N) is 1. The number of hydrogen-bond donors (Lipinski definition) is 0. The van der Waals surface area contributed by atoms with Gasteiger partial charge in [0.15, 0.2) is 0 Å². The number of esters is 1. The van der Waals surface area contributed by atoms with Gasteiger partial charge in [0.25, 0.3) is 0 Å². The summed E-state index contributed by atoms with van der Waals surface area (Å²) in [7, 11) is 0. The molecule has 1 fully saturated rings. The first-order chi connectivity index (χ1) is 9.27.